The number of nitrogens with zero attached hydrogens (tertiary/aromatic N) is 7. The van der Waals surface area contributed by atoms with Gasteiger partial charge in [-0.25, -0.2) is 18.4 Å². The topological polar surface area (TPSA) is 133 Å². The van der Waals surface area contributed by atoms with E-state index in [1.807, 2.05) is 0 Å². The highest BCUT2D eigenvalue weighted by molar-refractivity contribution is 6.38. The molecule has 0 saturated carbocycles. The number of amides is 2. The maximum absolute atomic E-state index is 13.4. The van der Waals surface area contributed by atoms with Gasteiger partial charge in [0.2, 0.25) is 5.82 Å². The second kappa shape index (κ2) is 10.5. The second-order valence-corrected chi connectivity index (χ2v) is 8.31. The van der Waals surface area contributed by atoms with Crippen LogP contribution in [0.2, 0.25) is 15.1 Å². The lowest BCUT2D eigenvalue weighted by molar-refractivity contribution is 0.0964. The Labute approximate surface area is 216 Å². The SMILES string of the molecule is CNC(=O)c1cc(Cl)cc(Cl)c1NC(=O)c1cc(Cn2nnc(C(F)F)n2)nn1-c1ncccc1Cl. The Morgan fingerprint density at radius 2 is 1.86 bits per heavy atom. The minimum atomic E-state index is -2.90. The van der Waals surface area contributed by atoms with Gasteiger partial charge in [0.1, 0.15) is 12.2 Å². The molecule has 0 fully saturated rings. The van der Waals surface area contributed by atoms with Gasteiger partial charge in [0.05, 0.1) is 27.0 Å². The van der Waals surface area contributed by atoms with Crippen molar-refractivity contribution in [3.8, 4) is 5.82 Å². The number of halogens is 5. The van der Waals surface area contributed by atoms with Crippen LogP contribution in [0, 0.1) is 0 Å². The number of carbonyl (C=O) groups excluding carboxylic acids is 2. The van der Waals surface area contributed by atoms with Gasteiger partial charge in [0.15, 0.2) is 5.82 Å². The molecule has 0 spiro atoms. The summed E-state index contributed by atoms with van der Waals surface area (Å²) in [7, 11) is 1.41. The highest BCUT2D eigenvalue weighted by atomic mass is 35.5. The van der Waals surface area contributed by atoms with Crippen LogP contribution < -0.4 is 10.6 Å². The molecule has 0 saturated heterocycles. The van der Waals surface area contributed by atoms with Crippen LogP contribution in [-0.4, -0.2) is 53.8 Å². The molecule has 36 heavy (non-hydrogen) atoms. The number of anilines is 1. The maximum atomic E-state index is 13.4. The fraction of sp³-hybridized carbons (Fsp3) is 0.150. The molecule has 16 heteroatoms. The number of nitrogens with one attached hydrogen (secondary N) is 2. The van der Waals surface area contributed by atoms with E-state index in [-0.39, 0.29) is 50.1 Å². The van der Waals surface area contributed by atoms with Crippen LogP contribution in [0.25, 0.3) is 5.82 Å². The zero-order chi connectivity index (χ0) is 26.0. The van der Waals surface area contributed by atoms with Gasteiger partial charge < -0.3 is 10.6 Å². The molecule has 3 heterocycles. The molecule has 0 bridgehead atoms. The molecule has 0 radical (unpaired) electrons. The van der Waals surface area contributed by atoms with Gasteiger partial charge in [-0.3, -0.25) is 9.59 Å². The van der Waals surface area contributed by atoms with E-state index in [1.165, 1.54) is 31.4 Å². The minimum Gasteiger partial charge on any atom is -0.355 e. The number of aromatic nitrogens is 7. The minimum absolute atomic E-state index is 0.00588. The smallest absolute Gasteiger partial charge is 0.301 e. The molecule has 0 aliphatic heterocycles. The number of hydrogen-bond donors (Lipinski definition) is 2. The van der Waals surface area contributed by atoms with Crippen LogP contribution in [0.3, 0.4) is 0 Å². The monoisotopic (exact) mass is 555 g/mol. The van der Waals surface area contributed by atoms with Gasteiger partial charge in [-0.1, -0.05) is 34.8 Å². The van der Waals surface area contributed by atoms with Crippen molar-refractivity contribution in [1.29, 1.82) is 0 Å². The van der Waals surface area contributed by atoms with Gasteiger partial charge in [0, 0.05) is 18.3 Å². The lowest BCUT2D eigenvalue weighted by atomic mass is 10.1. The molecule has 2 N–H and O–H groups in total. The lowest BCUT2D eigenvalue weighted by Crippen LogP contribution is -2.23. The highest BCUT2D eigenvalue weighted by Crippen LogP contribution is 2.31. The molecule has 0 aliphatic rings. The Morgan fingerprint density at radius 3 is 2.53 bits per heavy atom. The maximum Gasteiger partial charge on any atom is 0.301 e. The van der Waals surface area contributed by atoms with Crippen LogP contribution >= 0.6 is 34.8 Å². The van der Waals surface area contributed by atoms with Crippen molar-refractivity contribution in [1.82, 2.24) is 40.3 Å². The standard InChI is InChI=1S/C20H14Cl3F2N9O2/c1-26-19(35)11-5-9(21)6-13(23)15(11)28-20(36)14-7-10(8-33-31-17(16(24)25)29-32-33)30-34(14)18-12(22)3-2-4-27-18/h2-7,16H,8H2,1H3,(H,26,35)(H,28,36). The highest BCUT2D eigenvalue weighted by Gasteiger charge is 2.24. The average Bonchev–Trinajstić information content (AvgIpc) is 3.48. The Bertz CT molecular complexity index is 1460. The first-order valence-electron chi connectivity index (χ1n) is 9.96. The van der Waals surface area contributed by atoms with Gasteiger partial charge in [0.25, 0.3) is 11.8 Å². The fourth-order valence-corrected chi connectivity index (χ4v) is 3.85. The normalized spacial score (nSPS) is 11.1. The average molecular weight is 557 g/mol. The Kier molecular flexibility index (Phi) is 7.43. The van der Waals surface area contributed by atoms with Gasteiger partial charge in [-0.2, -0.15) is 9.90 Å². The third kappa shape index (κ3) is 5.27. The van der Waals surface area contributed by atoms with Crippen LogP contribution in [0.15, 0.2) is 36.5 Å². The van der Waals surface area contributed by atoms with Crippen LogP contribution in [0.5, 0.6) is 0 Å². The van der Waals surface area contributed by atoms with Crippen LogP contribution in [0.4, 0.5) is 14.5 Å². The van der Waals surface area contributed by atoms with E-state index in [0.29, 0.717) is 0 Å². The molecule has 4 aromatic rings. The zero-order valence-corrected chi connectivity index (χ0v) is 20.4. The first-order chi connectivity index (χ1) is 17.2. The van der Waals surface area contributed by atoms with Crippen molar-refractivity contribution in [3.63, 3.8) is 0 Å². The zero-order valence-electron chi connectivity index (χ0n) is 18.1. The predicted octanol–water partition coefficient (Wildman–Crippen LogP) is 3.81. The van der Waals surface area contributed by atoms with E-state index < -0.39 is 24.1 Å². The first kappa shape index (κ1) is 25.4. The summed E-state index contributed by atoms with van der Waals surface area (Å²) in [6.45, 7) is -0.192. The van der Waals surface area contributed by atoms with Crippen molar-refractivity contribution in [3.05, 3.63) is 74.4 Å². The number of pyridine rings is 1. The second-order valence-electron chi connectivity index (χ2n) is 7.06. The Hall–Kier alpha value is -3.68. The molecular weight excluding hydrogens is 543 g/mol. The fourth-order valence-electron chi connectivity index (χ4n) is 3.11. The lowest BCUT2D eigenvalue weighted by Gasteiger charge is -2.13. The Morgan fingerprint density at radius 1 is 1.08 bits per heavy atom. The quantitative estimate of drug-likeness (QED) is 0.354. The molecule has 2 amide bonds. The molecule has 11 nitrogen and oxygen atoms in total. The number of tetrazole rings is 1. The molecule has 0 aliphatic carbocycles. The number of alkyl halides is 2. The molecule has 3 aromatic heterocycles. The summed E-state index contributed by atoms with van der Waals surface area (Å²) in [6, 6.07) is 7.19. The van der Waals surface area contributed by atoms with Crippen molar-refractivity contribution >= 4 is 52.3 Å². The summed E-state index contributed by atoms with van der Waals surface area (Å²) in [5.74, 6) is -1.91. The van der Waals surface area contributed by atoms with Crippen molar-refractivity contribution in [2.45, 2.75) is 13.0 Å². The largest absolute Gasteiger partial charge is 0.355 e. The molecule has 186 valence electrons. The van der Waals surface area contributed by atoms with Crippen molar-refractivity contribution in [2.24, 2.45) is 0 Å². The van der Waals surface area contributed by atoms with Gasteiger partial charge in [-0.15, -0.1) is 10.2 Å². The Balaban J connectivity index is 1.75. The number of carbonyl (C=O) groups is 2. The summed E-state index contributed by atoms with van der Waals surface area (Å²) in [6.07, 6.45) is -1.46. The summed E-state index contributed by atoms with van der Waals surface area (Å²) in [5, 5.41) is 20.2. The van der Waals surface area contributed by atoms with E-state index in [2.05, 4.69) is 36.1 Å². The van der Waals surface area contributed by atoms with E-state index >= 15 is 0 Å². The van der Waals surface area contributed by atoms with Gasteiger partial charge >= 0.3 is 6.43 Å². The van der Waals surface area contributed by atoms with E-state index in [9.17, 15) is 18.4 Å². The van der Waals surface area contributed by atoms with Crippen LogP contribution in [-0.2, 0) is 6.54 Å². The predicted molar refractivity (Wildman–Crippen MR) is 126 cm³/mol. The third-order valence-corrected chi connectivity index (χ3v) is 5.48. The number of benzene rings is 1. The molecule has 1 aromatic carbocycles. The molecular formula is C20H14Cl3F2N9O2. The molecule has 4 rings (SSSR count). The number of hydrogen-bond acceptors (Lipinski definition) is 7. The summed E-state index contributed by atoms with van der Waals surface area (Å²) >= 11 is 18.6. The molecule has 0 unspecified atom stereocenters. The van der Waals surface area contributed by atoms with Crippen molar-refractivity contribution < 1.29 is 18.4 Å². The van der Waals surface area contributed by atoms with E-state index in [1.54, 1.807) is 12.1 Å². The summed E-state index contributed by atoms with van der Waals surface area (Å²) in [4.78, 5) is 30.8. The van der Waals surface area contributed by atoms with Gasteiger partial charge in [-0.05, 0) is 35.5 Å². The van der Waals surface area contributed by atoms with Crippen molar-refractivity contribution in [2.75, 3.05) is 12.4 Å². The van der Waals surface area contributed by atoms with Crippen LogP contribution in [0.1, 0.15) is 38.8 Å². The number of rotatable bonds is 7. The first-order valence-corrected chi connectivity index (χ1v) is 11.1. The third-order valence-electron chi connectivity index (χ3n) is 4.66. The van der Waals surface area contributed by atoms with E-state index in [0.717, 1.165) is 9.48 Å². The summed E-state index contributed by atoms with van der Waals surface area (Å²) in [5.41, 5.74) is 0.172. The molecule has 0 atom stereocenters. The van der Waals surface area contributed by atoms with E-state index in [4.69, 9.17) is 34.8 Å². The summed E-state index contributed by atoms with van der Waals surface area (Å²) < 4.78 is 26.8.